The van der Waals surface area contributed by atoms with Gasteiger partial charge in [-0.05, 0) is 61.6 Å². The standard InChI is InChI=1S/C24H28N2O4S/c1-4-29-20-12-10-19(11-13-20)22-25-23(31(27,28)21-8-6-5-7-9-21)24(30-22)26-15-17(2)14-18(3)16-26/h5-13,17-18H,4,14-16H2,1-3H3. The van der Waals surface area contributed by atoms with Gasteiger partial charge in [0, 0.05) is 18.7 Å². The van der Waals surface area contributed by atoms with Crippen molar-refractivity contribution in [3.8, 4) is 17.2 Å². The minimum atomic E-state index is -3.83. The van der Waals surface area contributed by atoms with Crippen molar-refractivity contribution in [1.82, 2.24) is 4.98 Å². The molecule has 0 radical (unpaired) electrons. The Morgan fingerprint density at radius 1 is 1.03 bits per heavy atom. The van der Waals surface area contributed by atoms with Gasteiger partial charge >= 0.3 is 0 Å². The van der Waals surface area contributed by atoms with Crippen LogP contribution in [0.15, 0.2) is 68.9 Å². The summed E-state index contributed by atoms with van der Waals surface area (Å²) in [5.74, 6) is 2.24. The second-order valence-corrected chi connectivity index (χ2v) is 10.1. The summed E-state index contributed by atoms with van der Waals surface area (Å²) in [6, 6.07) is 15.7. The lowest BCUT2D eigenvalue weighted by atomic mass is 9.92. The van der Waals surface area contributed by atoms with E-state index in [1.165, 1.54) is 0 Å². The zero-order valence-corrected chi connectivity index (χ0v) is 18.9. The number of ether oxygens (including phenoxy) is 1. The van der Waals surface area contributed by atoms with E-state index in [-0.39, 0.29) is 9.92 Å². The van der Waals surface area contributed by atoms with Crippen molar-refractivity contribution in [3.05, 3.63) is 54.6 Å². The molecule has 164 valence electrons. The molecule has 6 nitrogen and oxygen atoms in total. The summed E-state index contributed by atoms with van der Waals surface area (Å²) in [4.78, 5) is 6.73. The number of piperidine rings is 1. The van der Waals surface area contributed by atoms with Crippen LogP contribution >= 0.6 is 0 Å². The molecule has 31 heavy (non-hydrogen) atoms. The number of sulfone groups is 1. The Morgan fingerprint density at radius 2 is 1.68 bits per heavy atom. The Morgan fingerprint density at radius 3 is 2.29 bits per heavy atom. The second-order valence-electron chi connectivity index (χ2n) is 8.25. The molecule has 0 saturated carbocycles. The summed E-state index contributed by atoms with van der Waals surface area (Å²) in [7, 11) is -3.83. The highest BCUT2D eigenvalue weighted by atomic mass is 32.2. The molecule has 2 heterocycles. The van der Waals surface area contributed by atoms with Gasteiger partial charge in [0.1, 0.15) is 5.75 Å². The lowest BCUT2D eigenvalue weighted by Crippen LogP contribution is -2.39. The Bertz CT molecular complexity index is 1110. The van der Waals surface area contributed by atoms with Crippen LogP contribution in [0.2, 0.25) is 0 Å². The van der Waals surface area contributed by atoms with E-state index in [4.69, 9.17) is 9.15 Å². The lowest BCUT2D eigenvalue weighted by molar-refractivity contribution is 0.340. The van der Waals surface area contributed by atoms with Crippen molar-refractivity contribution in [2.45, 2.75) is 37.1 Å². The number of aromatic nitrogens is 1. The molecule has 4 rings (SSSR count). The molecule has 0 amide bonds. The average Bonchev–Trinajstić information content (AvgIpc) is 3.21. The minimum absolute atomic E-state index is 0.0242. The van der Waals surface area contributed by atoms with Crippen LogP contribution < -0.4 is 9.64 Å². The number of hydrogen-bond acceptors (Lipinski definition) is 6. The normalized spacial score (nSPS) is 19.4. The smallest absolute Gasteiger partial charge is 0.236 e. The molecule has 1 saturated heterocycles. The van der Waals surface area contributed by atoms with Crippen molar-refractivity contribution in [3.63, 3.8) is 0 Å². The molecule has 7 heteroatoms. The number of nitrogens with zero attached hydrogens (tertiary/aromatic N) is 2. The van der Waals surface area contributed by atoms with Crippen molar-refractivity contribution < 1.29 is 17.6 Å². The maximum Gasteiger partial charge on any atom is 0.236 e. The number of rotatable bonds is 6. The third-order valence-corrected chi connectivity index (χ3v) is 7.12. The zero-order valence-electron chi connectivity index (χ0n) is 18.1. The van der Waals surface area contributed by atoms with Crippen molar-refractivity contribution in [1.29, 1.82) is 0 Å². The SMILES string of the molecule is CCOc1ccc(-c2nc(S(=O)(=O)c3ccccc3)c(N3CC(C)CC(C)C3)o2)cc1. The number of oxazole rings is 1. The third-order valence-electron chi connectivity index (χ3n) is 5.46. The van der Waals surface area contributed by atoms with Gasteiger partial charge in [-0.3, -0.25) is 0 Å². The predicted molar refractivity (Wildman–Crippen MR) is 120 cm³/mol. The van der Waals surface area contributed by atoms with Crippen LogP contribution in [0.3, 0.4) is 0 Å². The topological polar surface area (TPSA) is 72.6 Å². The molecule has 2 unspecified atom stereocenters. The Labute approximate surface area is 183 Å². The van der Waals surface area contributed by atoms with Gasteiger partial charge < -0.3 is 14.1 Å². The summed E-state index contributed by atoms with van der Waals surface area (Å²) >= 11 is 0. The molecule has 1 aliphatic rings. The van der Waals surface area contributed by atoms with E-state index < -0.39 is 9.84 Å². The average molecular weight is 441 g/mol. The first-order chi connectivity index (χ1) is 14.9. The maximum atomic E-state index is 13.5. The molecule has 1 fully saturated rings. The van der Waals surface area contributed by atoms with Gasteiger partial charge in [0.05, 0.1) is 11.5 Å². The quantitative estimate of drug-likeness (QED) is 0.534. The van der Waals surface area contributed by atoms with Gasteiger partial charge in [-0.15, -0.1) is 0 Å². The first-order valence-electron chi connectivity index (χ1n) is 10.7. The van der Waals surface area contributed by atoms with Crippen LogP contribution in [0.25, 0.3) is 11.5 Å². The highest BCUT2D eigenvalue weighted by Gasteiger charge is 2.34. The Kier molecular flexibility index (Phi) is 6.05. The van der Waals surface area contributed by atoms with Gasteiger partial charge in [-0.1, -0.05) is 32.0 Å². The van der Waals surface area contributed by atoms with Crippen molar-refractivity contribution in [2.75, 3.05) is 24.6 Å². The molecular weight excluding hydrogens is 412 g/mol. The first-order valence-corrected chi connectivity index (χ1v) is 12.2. The van der Waals surface area contributed by atoms with E-state index in [0.717, 1.165) is 25.3 Å². The molecule has 1 aromatic heterocycles. The van der Waals surface area contributed by atoms with Crippen LogP contribution in [-0.2, 0) is 9.84 Å². The van der Waals surface area contributed by atoms with Crippen molar-refractivity contribution >= 4 is 15.7 Å². The van der Waals surface area contributed by atoms with Crippen LogP contribution in [0.1, 0.15) is 27.2 Å². The molecule has 2 atom stereocenters. The molecule has 2 aromatic carbocycles. The van der Waals surface area contributed by atoms with Crippen LogP contribution in [0, 0.1) is 11.8 Å². The van der Waals surface area contributed by atoms with E-state index in [1.807, 2.05) is 36.1 Å². The summed E-state index contributed by atoms with van der Waals surface area (Å²) < 4.78 is 38.6. The molecule has 0 spiro atoms. The van der Waals surface area contributed by atoms with Crippen molar-refractivity contribution in [2.24, 2.45) is 11.8 Å². The monoisotopic (exact) mass is 440 g/mol. The lowest BCUT2D eigenvalue weighted by Gasteiger charge is -2.34. The van der Waals surface area contributed by atoms with Gasteiger partial charge in [0.15, 0.2) is 0 Å². The highest BCUT2D eigenvalue weighted by molar-refractivity contribution is 7.91. The molecule has 0 bridgehead atoms. The fraction of sp³-hybridized carbons (Fsp3) is 0.375. The largest absolute Gasteiger partial charge is 0.494 e. The third kappa shape index (κ3) is 4.46. The zero-order chi connectivity index (χ0) is 22.0. The van der Waals surface area contributed by atoms with Gasteiger partial charge in [0.25, 0.3) is 0 Å². The van der Waals surface area contributed by atoms with E-state index >= 15 is 0 Å². The molecule has 3 aromatic rings. The fourth-order valence-corrected chi connectivity index (χ4v) is 5.54. The van der Waals surface area contributed by atoms with Gasteiger partial charge in [0.2, 0.25) is 26.6 Å². The Balaban J connectivity index is 1.80. The number of benzene rings is 2. The van der Waals surface area contributed by atoms with E-state index in [2.05, 4.69) is 18.8 Å². The first kappa shape index (κ1) is 21.4. The van der Waals surface area contributed by atoms with E-state index in [9.17, 15) is 8.42 Å². The second kappa shape index (κ2) is 8.75. The van der Waals surface area contributed by atoms with Gasteiger partial charge in [-0.25, -0.2) is 8.42 Å². The van der Waals surface area contributed by atoms with E-state index in [1.54, 1.807) is 30.3 Å². The molecular formula is C24H28N2O4S. The predicted octanol–water partition coefficient (Wildman–Crippen LogP) is 5.06. The molecule has 0 N–H and O–H groups in total. The Hall–Kier alpha value is -2.80. The summed E-state index contributed by atoms with van der Waals surface area (Å²) in [6.07, 6.45) is 1.11. The maximum absolute atomic E-state index is 13.5. The van der Waals surface area contributed by atoms with Crippen LogP contribution in [0.5, 0.6) is 5.75 Å². The van der Waals surface area contributed by atoms with E-state index in [0.29, 0.717) is 35.8 Å². The number of hydrogen-bond donors (Lipinski definition) is 0. The van der Waals surface area contributed by atoms with Crippen LogP contribution in [0.4, 0.5) is 5.88 Å². The number of anilines is 1. The fourth-order valence-electron chi connectivity index (χ4n) is 4.20. The summed E-state index contributed by atoms with van der Waals surface area (Å²) in [5, 5.41) is -0.0242. The molecule has 0 aliphatic carbocycles. The minimum Gasteiger partial charge on any atom is -0.494 e. The highest BCUT2D eigenvalue weighted by Crippen LogP contribution is 2.37. The summed E-state index contributed by atoms with van der Waals surface area (Å²) in [5.41, 5.74) is 0.706. The van der Waals surface area contributed by atoms with Crippen LogP contribution in [-0.4, -0.2) is 33.1 Å². The van der Waals surface area contributed by atoms with Gasteiger partial charge in [-0.2, -0.15) is 4.98 Å². The molecule has 1 aliphatic heterocycles. The summed E-state index contributed by atoms with van der Waals surface area (Å²) in [6.45, 7) is 8.33.